The van der Waals surface area contributed by atoms with Gasteiger partial charge in [0.2, 0.25) is 23.6 Å². The second-order valence-corrected chi connectivity index (χ2v) is 6.71. The van der Waals surface area contributed by atoms with Crippen LogP contribution in [0.1, 0.15) is 38.5 Å². The number of hydrogen-bond donors (Lipinski definition) is 8. The summed E-state index contributed by atoms with van der Waals surface area (Å²) >= 11 is 0. The van der Waals surface area contributed by atoms with Gasteiger partial charge in [0, 0.05) is 19.3 Å². The minimum Gasteiger partial charge on any atom is -0.481 e. The van der Waals surface area contributed by atoms with E-state index < -0.39 is 72.6 Å². The smallest absolute Gasteiger partial charge is 0.326 e. The molecule has 10 N–H and O–H groups in total. The number of hydrogen-bond acceptors (Lipinski definition) is 8. The van der Waals surface area contributed by atoms with Crippen LogP contribution < -0.4 is 27.4 Å². The van der Waals surface area contributed by atoms with Gasteiger partial charge < -0.3 is 42.7 Å². The molecule has 3 unspecified atom stereocenters. The van der Waals surface area contributed by atoms with Crippen LogP contribution >= 0.6 is 0 Å². The first kappa shape index (κ1) is 28.2. The van der Waals surface area contributed by atoms with Crippen LogP contribution in [0.4, 0.5) is 0 Å². The predicted octanol–water partition coefficient (Wildman–Crippen LogP) is -3.52. The van der Waals surface area contributed by atoms with E-state index in [9.17, 15) is 33.6 Å². The highest BCUT2D eigenvalue weighted by Gasteiger charge is 2.27. The minimum absolute atomic E-state index is 0.172. The maximum atomic E-state index is 12.4. The molecule has 0 spiro atoms. The topological polar surface area (TPSA) is 268 Å². The van der Waals surface area contributed by atoms with Crippen molar-refractivity contribution in [2.75, 3.05) is 6.54 Å². The third kappa shape index (κ3) is 12.7. The Hall–Kier alpha value is -3.75. The number of carbonyl (C=O) groups excluding carboxylic acids is 4. The molecular weight excluding hydrogens is 434 g/mol. The third-order valence-corrected chi connectivity index (χ3v) is 4.02. The molecule has 0 bridgehead atoms. The summed E-state index contributed by atoms with van der Waals surface area (Å²) in [6, 6.07) is -4.15. The lowest BCUT2D eigenvalue weighted by Crippen LogP contribution is -2.54. The fraction of sp³-hybridized carbons (Fsp3) is 0.588. The lowest BCUT2D eigenvalue weighted by Gasteiger charge is -2.21. The van der Waals surface area contributed by atoms with E-state index in [1.165, 1.54) is 0 Å². The Morgan fingerprint density at radius 1 is 0.719 bits per heavy atom. The summed E-state index contributed by atoms with van der Waals surface area (Å²) in [4.78, 5) is 79.6. The molecule has 0 radical (unpaired) electrons. The zero-order valence-electron chi connectivity index (χ0n) is 17.0. The van der Waals surface area contributed by atoms with Crippen molar-refractivity contribution in [2.45, 2.75) is 56.7 Å². The van der Waals surface area contributed by atoms with Gasteiger partial charge in [-0.25, -0.2) is 4.79 Å². The van der Waals surface area contributed by atoms with Crippen molar-refractivity contribution >= 4 is 41.5 Å². The molecule has 0 saturated heterocycles. The Bertz CT molecular complexity index is 741. The van der Waals surface area contributed by atoms with E-state index in [0.29, 0.717) is 0 Å². The van der Waals surface area contributed by atoms with E-state index in [1.807, 2.05) is 0 Å². The first-order chi connectivity index (χ1) is 14.8. The van der Waals surface area contributed by atoms with Crippen molar-refractivity contribution in [3.8, 4) is 0 Å². The summed E-state index contributed by atoms with van der Waals surface area (Å²) in [5.74, 6) is -7.43. The molecular formula is C17H27N5O10. The highest BCUT2D eigenvalue weighted by molar-refractivity contribution is 5.93. The second-order valence-electron chi connectivity index (χ2n) is 6.71. The van der Waals surface area contributed by atoms with Gasteiger partial charge in [0.1, 0.15) is 12.1 Å². The Balaban J connectivity index is 4.96. The normalized spacial score (nSPS) is 13.2. The van der Waals surface area contributed by atoms with Gasteiger partial charge >= 0.3 is 17.9 Å². The van der Waals surface area contributed by atoms with Gasteiger partial charge in [-0.2, -0.15) is 0 Å². The Morgan fingerprint density at radius 2 is 1.25 bits per heavy atom. The summed E-state index contributed by atoms with van der Waals surface area (Å²) in [5.41, 5.74) is 10.4. The molecule has 0 aromatic rings. The predicted molar refractivity (Wildman–Crippen MR) is 105 cm³/mol. The maximum absolute atomic E-state index is 12.4. The van der Waals surface area contributed by atoms with Crippen molar-refractivity contribution in [1.82, 2.24) is 16.0 Å². The van der Waals surface area contributed by atoms with Gasteiger partial charge in [-0.15, -0.1) is 0 Å². The molecule has 4 amide bonds. The second kappa shape index (κ2) is 14.3. The number of nitrogens with two attached hydrogens (primary N) is 2. The number of primary amides is 1. The van der Waals surface area contributed by atoms with Crippen LogP contribution in [-0.4, -0.2) is 81.5 Å². The van der Waals surface area contributed by atoms with Crippen molar-refractivity contribution in [3.05, 3.63) is 0 Å². The van der Waals surface area contributed by atoms with Gasteiger partial charge in [-0.05, 0) is 19.3 Å². The molecule has 180 valence electrons. The van der Waals surface area contributed by atoms with Gasteiger partial charge in [-0.3, -0.25) is 28.8 Å². The van der Waals surface area contributed by atoms with Crippen LogP contribution in [0, 0.1) is 0 Å². The lowest BCUT2D eigenvalue weighted by atomic mass is 10.1. The number of rotatable bonds is 16. The number of amides is 4. The molecule has 3 atom stereocenters. The van der Waals surface area contributed by atoms with Gasteiger partial charge in [-0.1, -0.05) is 0 Å². The molecule has 0 heterocycles. The first-order valence-corrected chi connectivity index (χ1v) is 9.41. The van der Waals surface area contributed by atoms with Gasteiger partial charge in [0.15, 0.2) is 0 Å². The lowest BCUT2D eigenvalue weighted by molar-refractivity contribution is -0.143. The molecule has 15 heteroatoms. The maximum Gasteiger partial charge on any atom is 0.326 e. The van der Waals surface area contributed by atoms with Crippen LogP contribution in [0.15, 0.2) is 0 Å². The fourth-order valence-corrected chi connectivity index (χ4v) is 2.31. The number of carboxylic acid groups (broad SMARTS) is 3. The summed E-state index contributed by atoms with van der Waals surface area (Å²) in [6.07, 6.45) is -2.12. The Labute approximate surface area is 181 Å². The molecule has 0 aliphatic carbocycles. The van der Waals surface area contributed by atoms with Crippen LogP contribution in [-0.2, 0) is 33.6 Å². The molecule has 0 rings (SSSR count). The summed E-state index contributed by atoms with van der Waals surface area (Å²) < 4.78 is 0. The molecule has 0 saturated carbocycles. The van der Waals surface area contributed by atoms with E-state index in [1.54, 1.807) is 0 Å². The molecule has 0 aromatic carbocycles. The van der Waals surface area contributed by atoms with Crippen molar-refractivity contribution in [3.63, 3.8) is 0 Å². The van der Waals surface area contributed by atoms with Crippen LogP contribution in [0.3, 0.4) is 0 Å². The third-order valence-electron chi connectivity index (χ3n) is 4.02. The van der Waals surface area contributed by atoms with Crippen molar-refractivity contribution in [2.24, 2.45) is 11.5 Å². The van der Waals surface area contributed by atoms with E-state index in [2.05, 4.69) is 16.0 Å². The average molecular weight is 461 g/mol. The van der Waals surface area contributed by atoms with Crippen LogP contribution in [0.25, 0.3) is 0 Å². The van der Waals surface area contributed by atoms with Gasteiger partial charge in [0.25, 0.3) is 0 Å². The van der Waals surface area contributed by atoms with E-state index in [4.69, 9.17) is 26.8 Å². The quantitative estimate of drug-likeness (QED) is 0.112. The fourth-order valence-electron chi connectivity index (χ4n) is 2.31. The highest BCUT2D eigenvalue weighted by Crippen LogP contribution is 2.03. The van der Waals surface area contributed by atoms with Crippen LogP contribution in [0.2, 0.25) is 0 Å². The monoisotopic (exact) mass is 461 g/mol. The zero-order valence-corrected chi connectivity index (χ0v) is 17.0. The van der Waals surface area contributed by atoms with E-state index >= 15 is 0 Å². The zero-order chi connectivity index (χ0) is 24.8. The first-order valence-electron chi connectivity index (χ1n) is 9.41. The number of aliphatic carboxylic acids is 3. The summed E-state index contributed by atoms with van der Waals surface area (Å²) in [5, 5.41) is 33.0. The van der Waals surface area contributed by atoms with Gasteiger partial charge in [0.05, 0.1) is 12.6 Å². The number of nitrogens with one attached hydrogen (secondary N) is 3. The molecule has 15 nitrogen and oxygen atoms in total. The summed E-state index contributed by atoms with van der Waals surface area (Å²) in [6.45, 7) is -0.652. The highest BCUT2D eigenvalue weighted by atomic mass is 16.4. The van der Waals surface area contributed by atoms with Crippen LogP contribution in [0.5, 0.6) is 0 Å². The van der Waals surface area contributed by atoms with Crippen molar-refractivity contribution in [1.29, 1.82) is 0 Å². The Kier molecular flexibility index (Phi) is 12.6. The number of carbonyl (C=O) groups is 7. The standard InChI is InChI=1S/C17H27N5O10/c18-8(1-5-13(25)26)15(29)20-7-12(24)21-9(3-6-14(27)28)16(30)22-10(17(31)32)2-4-11(19)23/h8-10H,1-7,18H2,(H2,19,23)(H,20,29)(H,21,24)(H,22,30)(H,25,26)(H,27,28)(H,31,32). The number of carboxylic acids is 3. The average Bonchev–Trinajstić information content (AvgIpc) is 2.69. The van der Waals surface area contributed by atoms with E-state index in [0.717, 1.165) is 0 Å². The molecule has 32 heavy (non-hydrogen) atoms. The Morgan fingerprint density at radius 3 is 1.75 bits per heavy atom. The summed E-state index contributed by atoms with van der Waals surface area (Å²) in [7, 11) is 0. The molecule has 0 fully saturated rings. The van der Waals surface area contributed by atoms with E-state index in [-0.39, 0.29) is 32.1 Å². The molecule has 0 aliphatic rings. The van der Waals surface area contributed by atoms with Crippen molar-refractivity contribution < 1.29 is 48.9 Å². The molecule has 0 aromatic heterocycles. The minimum atomic E-state index is -1.51. The largest absolute Gasteiger partial charge is 0.481 e. The molecule has 0 aliphatic heterocycles. The SMILES string of the molecule is NC(=O)CCC(NC(=O)C(CCC(=O)O)NC(=O)CNC(=O)C(N)CCC(=O)O)C(=O)O.